The molecule has 2 N–H and O–H groups in total. The molecule has 150 valence electrons. The van der Waals surface area contributed by atoms with Gasteiger partial charge in [0.15, 0.2) is 17.0 Å². The number of nitrogens with one attached hydrogen (secondary N) is 2. The van der Waals surface area contributed by atoms with Crippen LogP contribution in [-0.2, 0) is 0 Å². The van der Waals surface area contributed by atoms with E-state index >= 15 is 0 Å². The molecule has 1 amide bonds. The van der Waals surface area contributed by atoms with Crippen LogP contribution in [0.1, 0.15) is 60.9 Å². The molecule has 0 saturated heterocycles. The summed E-state index contributed by atoms with van der Waals surface area (Å²) in [6, 6.07) is 6.56. The molecule has 1 aromatic carbocycles. The van der Waals surface area contributed by atoms with Gasteiger partial charge in [0.05, 0.1) is 5.69 Å². The van der Waals surface area contributed by atoms with Crippen LogP contribution in [0.2, 0.25) is 0 Å². The Kier molecular flexibility index (Phi) is 4.66. The summed E-state index contributed by atoms with van der Waals surface area (Å²) in [4.78, 5) is 26.1. The monoisotopic (exact) mass is 390 g/mol. The molecule has 2 fully saturated rings. The molecule has 7 nitrogen and oxygen atoms in total. The van der Waals surface area contributed by atoms with Crippen molar-refractivity contribution in [3.63, 3.8) is 0 Å². The molecule has 2 aliphatic rings. The van der Waals surface area contributed by atoms with E-state index in [2.05, 4.69) is 25.6 Å². The second-order valence-corrected chi connectivity index (χ2v) is 8.24. The first-order valence-corrected chi connectivity index (χ1v) is 10.6. The van der Waals surface area contributed by atoms with Gasteiger partial charge >= 0.3 is 0 Å². The summed E-state index contributed by atoms with van der Waals surface area (Å²) >= 11 is 0. The zero-order chi connectivity index (χ0) is 19.8. The molecule has 0 unspecified atom stereocenters. The first-order valence-electron chi connectivity index (χ1n) is 10.6. The summed E-state index contributed by atoms with van der Waals surface area (Å²) in [5.41, 5.74) is 4.16. The van der Waals surface area contributed by atoms with Gasteiger partial charge in [0.25, 0.3) is 5.91 Å². The Labute approximate surface area is 170 Å². The first kappa shape index (κ1) is 18.1. The van der Waals surface area contributed by atoms with E-state index in [1.165, 1.54) is 32.1 Å². The summed E-state index contributed by atoms with van der Waals surface area (Å²) in [6.07, 6.45) is 11.7. The van der Waals surface area contributed by atoms with Crippen LogP contribution in [0.25, 0.3) is 16.9 Å². The molecule has 0 spiro atoms. The van der Waals surface area contributed by atoms with Crippen LogP contribution >= 0.6 is 0 Å². The zero-order valence-electron chi connectivity index (χ0n) is 16.7. The van der Waals surface area contributed by atoms with Crippen molar-refractivity contribution in [2.45, 2.75) is 64.0 Å². The predicted molar refractivity (Wildman–Crippen MR) is 112 cm³/mol. The number of hydrogen-bond donors (Lipinski definition) is 2. The molecule has 3 aromatic rings. The maximum Gasteiger partial charge on any atom is 0.251 e. The number of hydrogen-bond acceptors (Lipinski definition) is 5. The maximum absolute atomic E-state index is 12.5. The molecular formula is C22H26N6O. The number of benzene rings is 1. The molecule has 29 heavy (non-hydrogen) atoms. The van der Waals surface area contributed by atoms with Crippen molar-refractivity contribution in [3.05, 3.63) is 42.0 Å². The van der Waals surface area contributed by atoms with E-state index in [0.717, 1.165) is 41.1 Å². The third kappa shape index (κ3) is 3.69. The maximum atomic E-state index is 12.5. The molecular weight excluding hydrogens is 364 g/mol. The van der Waals surface area contributed by atoms with E-state index in [4.69, 9.17) is 0 Å². The number of carbonyl (C=O) groups is 1. The van der Waals surface area contributed by atoms with Crippen LogP contribution in [0, 0.1) is 6.92 Å². The minimum atomic E-state index is -0.0209. The Morgan fingerprint density at radius 2 is 1.86 bits per heavy atom. The highest BCUT2D eigenvalue weighted by molar-refractivity contribution is 5.95. The van der Waals surface area contributed by atoms with Gasteiger partial charge in [-0.3, -0.25) is 9.36 Å². The molecule has 0 atom stereocenters. The van der Waals surface area contributed by atoms with Crippen molar-refractivity contribution in [1.82, 2.24) is 24.8 Å². The van der Waals surface area contributed by atoms with Crippen LogP contribution < -0.4 is 10.6 Å². The van der Waals surface area contributed by atoms with Crippen molar-refractivity contribution in [2.24, 2.45) is 0 Å². The SMILES string of the molecule is Cc1ccc(C(=O)NC2CC2)cc1-n1cnc2c(NC3CCCCC3)ncnc21. The van der Waals surface area contributed by atoms with Crippen molar-refractivity contribution in [1.29, 1.82) is 0 Å². The van der Waals surface area contributed by atoms with Gasteiger partial charge < -0.3 is 10.6 Å². The molecule has 2 heterocycles. The Bertz CT molecular complexity index is 1050. The molecule has 0 bridgehead atoms. The Morgan fingerprint density at radius 1 is 1.03 bits per heavy atom. The van der Waals surface area contributed by atoms with Crippen LogP contribution in [-0.4, -0.2) is 37.5 Å². The quantitative estimate of drug-likeness (QED) is 0.693. The molecule has 5 rings (SSSR count). The molecule has 2 aromatic heterocycles. The number of amides is 1. The molecule has 7 heteroatoms. The Hall–Kier alpha value is -2.96. The molecule has 2 aliphatic carbocycles. The summed E-state index contributed by atoms with van der Waals surface area (Å²) < 4.78 is 1.95. The third-order valence-corrected chi connectivity index (χ3v) is 5.92. The second-order valence-electron chi connectivity index (χ2n) is 8.24. The van der Waals surface area contributed by atoms with Crippen molar-refractivity contribution in [2.75, 3.05) is 5.32 Å². The van der Waals surface area contributed by atoms with Crippen molar-refractivity contribution < 1.29 is 4.79 Å². The van der Waals surface area contributed by atoms with Gasteiger partial charge in [-0.05, 0) is 50.3 Å². The topological polar surface area (TPSA) is 84.7 Å². The van der Waals surface area contributed by atoms with Gasteiger partial charge in [0.1, 0.15) is 12.7 Å². The molecule has 0 radical (unpaired) electrons. The second kappa shape index (κ2) is 7.46. The summed E-state index contributed by atoms with van der Waals surface area (Å²) in [6.45, 7) is 2.03. The lowest BCUT2D eigenvalue weighted by atomic mass is 9.95. The van der Waals surface area contributed by atoms with E-state index in [0.29, 0.717) is 17.6 Å². The van der Waals surface area contributed by atoms with Gasteiger partial charge in [-0.1, -0.05) is 25.3 Å². The minimum absolute atomic E-state index is 0.0209. The fourth-order valence-corrected chi connectivity index (χ4v) is 4.06. The largest absolute Gasteiger partial charge is 0.365 e. The van der Waals surface area contributed by atoms with E-state index in [9.17, 15) is 4.79 Å². The van der Waals surface area contributed by atoms with Gasteiger partial charge in [-0.2, -0.15) is 0 Å². The Balaban J connectivity index is 1.48. The average molecular weight is 390 g/mol. The summed E-state index contributed by atoms with van der Waals surface area (Å²) in [5, 5.41) is 6.62. The smallest absolute Gasteiger partial charge is 0.251 e. The number of rotatable bonds is 5. The van der Waals surface area contributed by atoms with Crippen LogP contribution in [0.5, 0.6) is 0 Å². The van der Waals surface area contributed by atoms with E-state index in [1.54, 1.807) is 12.7 Å². The fourth-order valence-electron chi connectivity index (χ4n) is 4.06. The lowest BCUT2D eigenvalue weighted by Gasteiger charge is -2.23. The molecule has 2 saturated carbocycles. The number of aromatic nitrogens is 4. The number of fused-ring (bicyclic) bond motifs is 1. The van der Waals surface area contributed by atoms with Crippen molar-refractivity contribution >= 4 is 22.9 Å². The highest BCUT2D eigenvalue weighted by Crippen LogP contribution is 2.27. The van der Waals surface area contributed by atoms with Gasteiger partial charge in [0, 0.05) is 17.6 Å². The number of anilines is 1. The fraction of sp³-hybridized carbons (Fsp3) is 0.455. The normalized spacial score (nSPS) is 17.4. The van der Waals surface area contributed by atoms with Crippen LogP contribution in [0.15, 0.2) is 30.9 Å². The summed E-state index contributed by atoms with van der Waals surface area (Å²) in [7, 11) is 0. The lowest BCUT2D eigenvalue weighted by molar-refractivity contribution is 0.0951. The molecule has 0 aliphatic heterocycles. The average Bonchev–Trinajstić information content (AvgIpc) is 3.45. The standard InChI is InChI=1S/C22H26N6O/c1-14-7-8-15(22(29)27-17-9-10-17)11-18(14)28-13-25-19-20(23-12-24-21(19)28)26-16-5-3-2-4-6-16/h7-8,11-13,16-17H,2-6,9-10H2,1H3,(H,27,29)(H,23,24,26). The van der Waals surface area contributed by atoms with E-state index in [1.807, 2.05) is 29.7 Å². The van der Waals surface area contributed by atoms with E-state index in [-0.39, 0.29) is 5.91 Å². The van der Waals surface area contributed by atoms with E-state index < -0.39 is 0 Å². The zero-order valence-corrected chi connectivity index (χ0v) is 16.7. The third-order valence-electron chi connectivity index (χ3n) is 5.92. The van der Waals surface area contributed by atoms with Gasteiger partial charge in [-0.25, -0.2) is 15.0 Å². The number of nitrogens with zero attached hydrogens (tertiary/aromatic N) is 4. The summed E-state index contributed by atoms with van der Waals surface area (Å²) in [5.74, 6) is 0.772. The highest BCUT2D eigenvalue weighted by atomic mass is 16.1. The number of imidazole rings is 1. The highest BCUT2D eigenvalue weighted by Gasteiger charge is 2.24. The lowest BCUT2D eigenvalue weighted by Crippen LogP contribution is -2.25. The van der Waals surface area contributed by atoms with Crippen LogP contribution in [0.4, 0.5) is 5.82 Å². The van der Waals surface area contributed by atoms with Crippen LogP contribution in [0.3, 0.4) is 0 Å². The Morgan fingerprint density at radius 3 is 2.66 bits per heavy atom. The first-order chi connectivity index (χ1) is 14.2. The number of aryl methyl sites for hydroxylation is 1. The number of carbonyl (C=O) groups excluding carboxylic acids is 1. The van der Waals surface area contributed by atoms with Crippen molar-refractivity contribution in [3.8, 4) is 5.69 Å². The van der Waals surface area contributed by atoms with Gasteiger partial charge in [-0.15, -0.1) is 0 Å². The predicted octanol–water partition coefficient (Wildman–Crippen LogP) is 3.76. The minimum Gasteiger partial charge on any atom is -0.365 e. The van der Waals surface area contributed by atoms with Gasteiger partial charge in [0.2, 0.25) is 0 Å².